The van der Waals surface area contributed by atoms with E-state index in [4.69, 9.17) is 16.3 Å². The summed E-state index contributed by atoms with van der Waals surface area (Å²) in [6.07, 6.45) is 0.869. The van der Waals surface area contributed by atoms with Crippen LogP contribution in [0, 0.1) is 5.92 Å². The number of hydrogen-bond donors (Lipinski definition) is 0. The molecule has 0 amide bonds. The van der Waals surface area contributed by atoms with Crippen LogP contribution in [0.3, 0.4) is 0 Å². The summed E-state index contributed by atoms with van der Waals surface area (Å²) in [4.78, 5) is 11.3. The monoisotopic (exact) mass is 304 g/mol. The Labute approximate surface area is 120 Å². The Bertz CT molecular complexity index is 519. The van der Waals surface area contributed by atoms with Gasteiger partial charge in [0.1, 0.15) is 11.9 Å². The molecular formula is C14H15ClF2O3. The van der Waals surface area contributed by atoms with Gasteiger partial charge >= 0.3 is 11.9 Å². The summed E-state index contributed by atoms with van der Waals surface area (Å²) < 4.78 is 37.7. The summed E-state index contributed by atoms with van der Waals surface area (Å²) >= 11 is 5.92. The highest BCUT2D eigenvalue weighted by Gasteiger charge is 2.43. The molecule has 0 saturated heterocycles. The summed E-state index contributed by atoms with van der Waals surface area (Å²) in [5.74, 6) is -4.73. The number of ether oxygens (including phenoxy) is 2. The highest BCUT2D eigenvalue weighted by Crippen LogP contribution is 2.39. The largest absolute Gasteiger partial charge is 0.489 e. The molecule has 0 aromatic heterocycles. The van der Waals surface area contributed by atoms with Crippen molar-refractivity contribution in [2.75, 3.05) is 6.61 Å². The molecule has 3 nitrogen and oxygen atoms in total. The van der Waals surface area contributed by atoms with Gasteiger partial charge in [0.25, 0.3) is 0 Å². The molecule has 1 aliphatic carbocycles. The van der Waals surface area contributed by atoms with Gasteiger partial charge in [0, 0.05) is 5.56 Å². The zero-order valence-corrected chi connectivity index (χ0v) is 11.9. The molecule has 0 spiro atoms. The number of rotatable bonds is 5. The fourth-order valence-electron chi connectivity index (χ4n) is 1.74. The Morgan fingerprint density at radius 3 is 2.70 bits per heavy atom. The molecule has 1 saturated carbocycles. The smallest absolute Gasteiger partial charge is 0.381 e. The van der Waals surface area contributed by atoms with Gasteiger partial charge in [-0.15, -0.1) is 0 Å². The molecular weight excluding hydrogens is 290 g/mol. The van der Waals surface area contributed by atoms with Crippen molar-refractivity contribution in [2.24, 2.45) is 5.92 Å². The van der Waals surface area contributed by atoms with E-state index in [9.17, 15) is 13.6 Å². The summed E-state index contributed by atoms with van der Waals surface area (Å²) in [7, 11) is 0. The number of esters is 1. The quantitative estimate of drug-likeness (QED) is 0.777. The van der Waals surface area contributed by atoms with Crippen molar-refractivity contribution in [1.29, 1.82) is 0 Å². The van der Waals surface area contributed by atoms with Crippen molar-refractivity contribution in [2.45, 2.75) is 32.3 Å². The van der Waals surface area contributed by atoms with Gasteiger partial charge in [0.05, 0.1) is 11.6 Å². The molecule has 0 heterocycles. The van der Waals surface area contributed by atoms with Crippen LogP contribution in [0.2, 0.25) is 5.02 Å². The Morgan fingerprint density at radius 1 is 1.50 bits per heavy atom. The first-order valence-corrected chi connectivity index (χ1v) is 6.75. The second-order valence-corrected chi connectivity index (χ2v) is 5.22. The van der Waals surface area contributed by atoms with E-state index in [0.29, 0.717) is 5.92 Å². The van der Waals surface area contributed by atoms with E-state index in [1.165, 1.54) is 13.0 Å². The van der Waals surface area contributed by atoms with Gasteiger partial charge in [-0.25, -0.2) is 4.79 Å². The lowest BCUT2D eigenvalue weighted by Crippen LogP contribution is -2.28. The van der Waals surface area contributed by atoms with Gasteiger partial charge < -0.3 is 9.47 Å². The predicted molar refractivity (Wildman–Crippen MR) is 70.2 cm³/mol. The fourth-order valence-corrected chi connectivity index (χ4v) is 1.91. The van der Waals surface area contributed by atoms with Gasteiger partial charge in [0.2, 0.25) is 0 Å². The minimum absolute atomic E-state index is 0.000958. The van der Waals surface area contributed by atoms with Crippen LogP contribution in [0.4, 0.5) is 8.78 Å². The second kappa shape index (κ2) is 5.56. The van der Waals surface area contributed by atoms with Crippen molar-refractivity contribution in [3.63, 3.8) is 0 Å². The van der Waals surface area contributed by atoms with Crippen LogP contribution in [-0.2, 0) is 15.5 Å². The van der Waals surface area contributed by atoms with E-state index in [2.05, 4.69) is 4.74 Å². The molecule has 1 fully saturated rings. The molecule has 1 unspecified atom stereocenters. The standard InChI is InChI=1S/C14H15ClF2O3/c1-3-19-13(18)14(16,17)9-4-5-10(15)12(7-9)20-11-6-8(11)2/h4-5,7-8,11H,3,6H2,1-2H3/t8-,11?/m0/s1. The first-order chi connectivity index (χ1) is 9.36. The SMILES string of the molecule is CCOC(=O)C(F)(F)c1ccc(Cl)c(OC2C[C@@H]2C)c1. The van der Waals surface area contributed by atoms with Gasteiger partial charge in [0.15, 0.2) is 0 Å². The number of carbonyl (C=O) groups excluding carboxylic acids is 1. The van der Waals surface area contributed by atoms with Crippen molar-refractivity contribution in [1.82, 2.24) is 0 Å². The predicted octanol–water partition coefficient (Wildman–Crippen LogP) is 3.78. The molecule has 110 valence electrons. The van der Waals surface area contributed by atoms with Gasteiger partial charge in [-0.2, -0.15) is 8.78 Å². The fraction of sp³-hybridized carbons (Fsp3) is 0.500. The van der Waals surface area contributed by atoms with Gasteiger partial charge in [-0.3, -0.25) is 0 Å². The number of carbonyl (C=O) groups is 1. The Balaban J connectivity index is 2.23. The van der Waals surface area contributed by atoms with Crippen LogP contribution in [-0.4, -0.2) is 18.7 Å². The lowest BCUT2D eigenvalue weighted by molar-refractivity contribution is -0.173. The summed E-state index contributed by atoms with van der Waals surface area (Å²) in [6.45, 7) is 3.36. The molecule has 0 bridgehead atoms. The van der Waals surface area contributed by atoms with Crippen LogP contribution < -0.4 is 4.74 Å². The maximum atomic E-state index is 13.9. The minimum atomic E-state index is -3.71. The van der Waals surface area contributed by atoms with Crippen LogP contribution in [0.15, 0.2) is 18.2 Å². The van der Waals surface area contributed by atoms with E-state index in [0.717, 1.165) is 18.6 Å². The third-order valence-corrected chi connectivity index (χ3v) is 3.45. The molecule has 6 heteroatoms. The summed E-state index contributed by atoms with van der Waals surface area (Å²) in [5.41, 5.74) is -0.483. The average Bonchev–Trinajstić information content (AvgIpc) is 3.07. The van der Waals surface area contributed by atoms with Crippen molar-refractivity contribution in [3.8, 4) is 5.75 Å². The molecule has 1 aromatic rings. The number of alkyl halides is 2. The summed E-state index contributed by atoms with van der Waals surface area (Å²) in [6, 6.07) is 3.50. The molecule has 0 N–H and O–H groups in total. The first kappa shape index (κ1) is 15.0. The number of halogens is 3. The summed E-state index contributed by atoms with van der Waals surface area (Å²) in [5, 5.41) is 0.243. The van der Waals surface area contributed by atoms with Crippen molar-refractivity contribution < 1.29 is 23.0 Å². The zero-order chi connectivity index (χ0) is 14.9. The maximum Gasteiger partial charge on any atom is 0.381 e. The van der Waals surface area contributed by atoms with Gasteiger partial charge in [-0.1, -0.05) is 24.6 Å². The normalized spacial score (nSPS) is 21.4. The van der Waals surface area contributed by atoms with Crippen molar-refractivity contribution >= 4 is 17.6 Å². The molecule has 2 rings (SSSR count). The highest BCUT2D eigenvalue weighted by atomic mass is 35.5. The Morgan fingerprint density at radius 2 is 2.15 bits per heavy atom. The van der Waals surface area contributed by atoms with Gasteiger partial charge in [-0.05, 0) is 31.4 Å². The Hall–Kier alpha value is -1.36. The van der Waals surface area contributed by atoms with E-state index >= 15 is 0 Å². The van der Waals surface area contributed by atoms with Crippen LogP contribution in [0.25, 0.3) is 0 Å². The lowest BCUT2D eigenvalue weighted by atomic mass is 10.1. The van der Waals surface area contributed by atoms with Crippen molar-refractivity contribution in [3.05, 3.63) is 28.8 Å². The average molecular weight is 305 g/mol. The maximum absolute atomic E-state index is 13.9. The van der Waals surface area contributed by atoms with Crippen LogP contribution in [0.1, 0.15) is 25.8 Å². The molecule has 1 aliphatic rings. The molecule has 0 aliphatic heterocycles. The Kier molecular flexibility index (Phi) is 4.18. The molecule has 20 heavy (non-hydrogen) atoms. The first-order valence-electron chi connectivity index (χ1n) is 6.38. The number of benzene rings is 1. The second-order valence-electron chi connectivity index (χ2n) is 4.81. The third kappa shape index (κ3) is 3.03. The van der Waals surface area contributed by atoms with Crippen LogP contribution >= 0.6 is 11.6 Å². The third-order valence-electron chi connectivity index (χ3n) is 3.14. The van der Waals surface area contributed by atoms with E-state index in [1.54, 1.807) is 0 Å². The molecule has 1 aromatic carbocycles. The van der Waals surface area contributed by atoms with E-state index < -0.39 is 17.5 Å². The number of hydrogen-bond acceptors (Lipinski definition) is 3. The molecule has 0 radical (unpaired) electrons. The zero-order valence-electron chi connectivity index (χ0n) is 11.2. The lowest BCUT2D eigenvalue weighted by Gasteiger charge is -2.16. The topological polar surface area (TPSA) is 35.5 Å². The van der Waals surface area contributed by atoms with E-state index in [-0.39, 0.29) is 23.5 Å². The van der Waals surface area contributed by atoms with Crippen LogP contribution in [0.5, 0.6) is 5.75 Å². The molecule has 2 atom stereocenters. The van der Waals surface area contributed by atoms with E-state index in [1.807, 2.05) is 6.92 Å². The minimum Gasteiger partial charge on any atom is -0.489 e. The highest BCUT2D eigenvalue weighted by molar-refractivity contribution is 6.32.